The van der Waals surface area contributed by atoms with E-state index in [9.17, 15) is 4.39 Å². The number of hydrogen-bond donors (Lipinski definition) is 4. The molecule has 24 heavy (non-hydrogen) atoms. The van der Waals surface area contributed by atoms with Gasteiger partial charge in [-0.05, 0) is 5.56 Å². The Morgan fingerprint density at radius 2 is 2.12 bits per heavy atom. The number of halogens is 1. The van der Waals surface area contributed by atoms with Crippen molar-refractivity contribution in [3.8, 4) is 0 Å². The van der Waals surface area contributed by atoms with E-state index in [1.807, 2.05) is 30.3 Å². The topological polar surface area (TPSA) is 108 Å². The Balaban J connectivity index is 2.04. The van der Waals surface area contributed by atoms with Crippen molar-refractivity contribution in [2.75, 3.05) is 23.8 Å². The van der Waals surface area contributed by atoms with E-state index in [1.165, 1.54) is 12.4 Å². The van der Waals surface area contributed by atoms with Crippen molar-refractivity contribution < 1.29 is 9.50 Å². The molecule has 0 fully saturated rings. The second-order valence-electron chi connectivity index (χ2n) is 4.74. The molecule has 126 valence electrons. The van der Waals surface area contributed by atoms with Gasteiger partial charge in [-0.1, -0.05) is 30.3 Å². The third-order valence-electron chi connectivity index (χ3n) is 2.94. The molecular formula is C16H19FN6O. The van der Waals surface area contributed by atoms with Crippen molar-refractivity contribution in [3.63, 3.8) is 0 Å². The molecule has 0 bridgehead atoms. The second kappa shape index (κ2) is 9.21. The number of hydrogen-bond acceptors (Lipinski definition) is 7. The van der Waals surface area contributed by atoms with E-state index >= 15 is 0 Å². The molecule has 1 heterocycles. The molecule has 0 saturated heterocycles. The lowest BCUT2D eigenvalue weighted by Crippen LogP contribution is -2.10. The van der Waals surface area contributed by atoms with Crippen molar-refractivity contribution in [2.45, 2.75) is 6.54 Å². The van der Waals surface area contributed by atoms with Gasteiger partial charge in [0.2, 0.25) is 5.95 Å². The number of aliphatic hydroxyl groups excluding tert-OH is 1. The molecule has 0 amide bonds. The number of aliphatic imine (C=N–C) groups is 1. The van der Waals surface area contributed by atoms with Crippen molar-refractivity contribution in [1.29, 1.82) is 0 Å². The summed E-state index contributed by atoms with van der Waals surface area (Å²) < 4.78 is 13.8. The minimum absolute atomic E-state index is 0.0606. The Morgan fingerprint density at radius 3 is 2.83 bits per heavy atom. The van der Waals surface area contributed by atoms with Gasteiger partial charge in [-0.15, -0.1) is 0 Å². The maximum atomic E-state index is 13.8. The van der Waals surface area contributed by atoms with E-state index in [0.29, 0.717) is 12.2 Å². The van der Waals surface area contributed by atoms with Crippen molar-refractivity contribution in [2.24, 2.45) is 10.7 Å². The lowest BCUT2D eigenvalue weighted by molar-refractivity contribution is 0.307. The second-order valence-corrected chi connectivity index (χ2v) is 4.74. The monoisotopic (exact) mass is 330 g/mol. The average Bonchev–Trinajstić information content (AvgIpc) is 2.62. The maximum Gasteiger partial charge on any atom is 0.229 e. The minimum Gasteiger partial charge on any atom is -0.403 e. The lowest BCUT2D eigenvalue weighted by Gasteiger charge is -2.09. The highest BCUT2D eigenvalue weighted by atomic mass is 19.1. The SMILES string of the molecule is N/C=C(\C=NCCO)Nc1ncc(F)c(NCc2ccccc2)n1. The first-order valence-corrected chi connectivity index (χ1v) is 7.33. The quantitative estimate of drug-likeness (QED) is 0.546. The average molecular weight is 330 g/mol. The molecular weight excluding hydrogens is 311 g/mol. The zero-order valence-electron chi connectivity index (χ0n) is 13.0. The third-order valence-corrected chi connectivity index (χ3v) is 2.94. The molecule has 2 rings (SSSR count). The van der Waals surface area contributed by atoms with Crippen LogP contribution in [0.5, 0.6) is 0 Å². The highest BCUT2D eigenvalue weighted by Crippen LogP contribution is 2.14. The molecule has 0 unspecified atom stereocenters. The Hall–Kier alpha value is -3.00. The zero-order valence-corrected chi connectivity index (χ0v) is 13.0. The van der Waals surface area contributed by atoms with Crippen LogP contribution in [0.3, 0.4) is 0 Å². The summed E-state index contributed by atoms with van der Waals surface area (Å²) in [7, 11) is 0. The molecule has 0 aliphatic heterocycles. The van der Waals surface area contributed by atoms with Gasteiger partial charge >= 0.3 is 0 Å². The first-order chi connectivity index (χ1) is 11.7. The largest absolute Gasteiger partial charge is 0.403 e. The predicted molar refractivity (Wildman–Crippen MR) is 92.1 cm³/mol. The Bertz CT molecular complexity index is 705. The number of aromatic nitrogens is 2. The van der Waals surface area contributed by atoms with Crippen LogP contribution in [0.25, 0.3) is 0 Å². The predicted octanol–water partition coefficient (Wildman–Crippen LogP) is 1.50. The number of nitrogens with zero attached hydrogens (tertiary/aromatic N) is 3. The minimum atomic E-state index is -0.552. The molecule has 8 heteroatoms. The van der Waals surface area contributed by atoms with Gasteiger partial charge in [0.1, 0.15) is 0 Å². The van der Waals surface area contributed by atoms with Crippen LogP contribution in [-0.4, -0.2) is 34.4 Å². The van der Waals surface area contributed by atoms with E-state index in [0.717, 1.165) is 11.8 Å². The maximum absolute atomic E-state index is 13.8. The zero-order chi connectivity index (χ0) is 17.2. The molecule has 0 atom stereocenters. The normalized spacial score (nSPS) is 11.7. The summed E-state index contributed by atoms with van der Waals surface area (Å²) in [5.74, 6) is -0.289. The van der Waals surface area contributed by atoms with Crippen molar-refractivity contribution in [1.82, 2.24) is 9.97 Å². The lowest BCUT2D eigenvalue weighted by atomic mass is 10.2. The van der Waals surface area contributed by atoms with E-state index < -0.39 is 5.82 Å². The molecule has 5 N–H and O–H groups in total. The van der Waals surface area contributed by atoms with Gasteiger partial charge in [-0.25, -0.2) is 9.37 Å². The molecule has 0 saturated carbocycles. The fourth-order valence-electron chi connectivity index (χ4n) is 1.80. The molecule has 0 aliphatic rings. The van der Waals surface area contributed by atoms with Crippen LogP contribution in [0.4, 0.5) is 16.2 Å². The molecule has 1 aromatic carbocycles. The summed E-state index contributed by atoms with van der Waals surface area (Å²) in [6, 6.07) is 9.58. The van der Waals surface area contributed by atoms with E-state index in [2.05, 4.69) is 25.6 Å². The molecule has 1 aromatic heterocycles. The van der Waals surface area contributed by atoms with E-state index in [4.69, 9.17) is 10.8 Å². The number of allylic oxidation sites excluding steroid dienone is 1. The Kier molecular flexibility index (Phi) is 6.66. The standard InChI is InChI=1S/C16H19FN6O/c17-14-11-21-16(22-13(8-18)10-19-6-7-24)23-15(14)20-9-12-4-2-1-3-5-12/h1-5,8,10-11,24H,6-7,9,18H2,(H2,20,21,22,23)/b13-8+,19-10?. The van der Waals surface area contributed by atoms with Crippen LogP contribution < -0.4 is 16.4 Å². The van der Waals surface area contributed by atoms with Gasteiger partial charge in [-0.3, -0.25) is 4.99 Å². The van der Waals surface area contributed by atoms with Crippen LogP contribution in [0.1, 0.15) is 5.56 Å². The number of aliphatic hydroxyl groups is 1. The molecule has 0 aliphatic carbocycles. The Labute approximate surface area is 139 Å². The van der Waals surface area contributed by atoms with Gasteiger partial charge in [0.15, 0.2) is 11.6 Å². The summed E-state index contributed by atoms with van der Waals surface area (Å²) in [6.45, 7) is 0.633. The molecule has 0 radical (unpaired) electrons. The van der Waals surface area contributed by atoms with Crippen LogP contribution in [0.15, 0.2) is 53.4 Å². The number of nitrogens with one attached hydrogen (secondary N) is 2. The fraction of sp³-hybridized carbons (Fsp3) is 0.188. The van der Waals surface area contributed by atoms with Crippen LogP contribution in [0.2, 0.25) is 0 Å². The highest BCUT2D eigenvalue weighted by molar-refractivity contribution is 5.82. The number of nitrogens with two attached hydrogens (primary N) is 1. The summed E-state index contributed by atoms with van der Waals surface area (Å²) in [6.07, 6.45) is 3.80. The molecule has 2 aromatic rings. The first kappa shape index (κ1) is 17.4. The summed E-state index contributed by atoms with van der Waals surface area (Å²) in [5.41, 5.74) is 6.92. The number of anilines is 2. The first-order valence-electron chi connectivity index (χ1n) is 7.33. The summed E-state index contributed by atoms with van der Waals surface area (Å²) in [4.78, 5) is 11.9. The van der Waals surface area contributed by atoms with E-state index in [1.54, 1.807) is 0 Å². The van der Waals surface area contributed by atoms with Gasteiger partial charge < -0.3 is 21.5 Å². The van der Waals surface area contributed by atoms with Gasteiger partial charge in [0.25, 0.3) is 0 Å². The number of benzene rings is 1. The van der Waals surface area contributed by atoms with Gasteiger partial charge in [0.05, 0.1) is 25.0 Å². The van der Waals surface area contributed by atoms with Gasteiger partial charge in [0, 0.05) is 19.0 Å². The summed E-state index contributed by atoms with van der Waals surface area (Å²) in [5, 5.41) is 14.5. The molecule has 7 nitrogen and oxygen atoms in total. The molecule has 0 spiro atoms. The fourth-order valence-corrected chi connectivity index (χ4v) is 1.80. The van der Waals surface area contributed by atoms with Crippen LogP contribution in [-0.2, 0) is 6.54 Å². The van der Waals surface area contributed by atoms with Crippen molar-refractivity contribution >= 4 is 18.0 Å². The third kappa shape index (κ3) is 5.33. The summed E-state index contributed by atoms with van der Waals surface area (Å²) >= 11 is 0. The number of rotatable bonds is 8. The van der Waals surface area contributed by atoms with Gasteiger partial charge in [-0.2, -0.15) is 4.98 Å². The van der Waals surface area contributed by atoms with Crippen LogP contribution >= 0.6 is 0 Å². The highest BCUT2D eigenvalue weighted by Gasteiger charge is 2.07. The van der Waals surface area contributed by atoms with Crippen LogP contribution in [0, 0.1) is 5.82 Å². The smallest absolute Gasteiger partial charge is 0.229 e. The Morgan fingerprint density at radius 1 is 1.33 bits per heavy atom. The van der Waals surface area contributed by atoms with Crippen molar-refractivity contribution in [3.05, 3.63) is 59.8 Å². The van der Waals surface area contributed by atoms with E-state index in [-0.39, 0.29) is 24.9 Å².